The van der Waals surface area contributed by atoms with Crippen LogP contribution in [0.4, 0.5) is 0 Å². The molecule has 1 fully saturated rings. The van der Waals surface area contributed by atoms with E-state index >= 15 is 0 Å². The summed E-state index contributed by atoms with van der Waals surface area (Å²) in [5.74, 6) is 0.671. The quantitative estimate of drug-likeness (QED) is 0.912. The molecule has 2 N–H and O–H groups in total. The molecule has 1 aromatic carbocycles. The van der Waals surface area contributed by atoms with E-state index in [0.29, 0.717) is 22.0 Å². The van der Waals surface area contributed by atoms with E-state index in [1.165, 1.54) is 18.4 Å². The lowest BCUT2D eigenvalue weighted by Crippen LogP contribution is -2.39. The molecule has 19 heavy (non-hydrogen) atoms. The molecule has 1 aliphatic rings. The zero-order valence-electron chi connectivity index (χ0n) is 11.1. The van der Waals surface area contributed by atoms with Gasteiger partial charge in [-0.05, 0) is 62.5 Å². The number of rotatable bonds is 3. The molecule has 1 atom stereocenters. The van der Waals surface area contributed by atoms with Crippen molar-refractivity contribution in [2.24, 2.45) is 11.7 Å². The summed E-state index contributed by atoms with van der Waals surface area (Å²) in [6.07, 6.45) is 2.37. The summed E-state index contributed by atoms with van der Waals surface area (Å²) in [5.41, 5.74) is 7.14. The molecule has 0 saturated carbocycles. The molecule has 2 rings (SSSR count). The van der Waals surface area contributed by atoms with Gasteiger partial charge in [-0.3, -0.25) is 4.90 Å². The van der Waals surface area contributed by atoms with Gasteiger partial charge >= 0.3 is 0 Å². The Morgan fingerprint density at radius 2 is 1.74 bits per heavy atom. The molecule has 0 amide bonds. The van der Waals surface area contributed by atoms with Gasteiger partial charge in [-0.25, -0.2) is 0 Å². The smallest absolute Gasteiger partial charge is 0.0424 e. The van der Waals surface area contributed by atoms with Crippen molar-refractivity contribution in [1.29, 1.82) is 0 Å². The first-order valence-electron chi connectivity index (χ1n) is 6.47. The van der Waals surface area contributed by atoms with Gasteiger partial charge in [-0.15, -0.1) is 12.4 Å². The predicted molar refractivity (Wildman–Crippen MR) is 85.4 cm³/mol. The van der Waals surface area contributed by atoms with E-state index in [9.17, 15) is 0 Å². The van der Waals surface area contributed by atoms with Crippen LogP contribution >= 0.6 is 35.6 Å². The zero-order chi connectivity index (χ0) is 13.1. The summed E-state index contributed by atoms with van der Waals surface area (Å²) in [6, 6.07) is 6.07. The molecule has 0 radical (unpaired) electrons. The van der Waals surface area contributed by atoms with E-state index in [-0.39, 0.29) is 12.4 Å². The lowest BCUT2D eigenvalue weighted by atomic mass is 9.91. The van der Waals surface area contributed by atoms with E-state index in [4.69, 9.17) is 28.9 Å². The second-order valence-corrected chi connectivity index (χ2v) is 6.12. The van der Waals surface area contributed by atoms with Crippen LogP contribution in [-0.2, 0) is 6.54 Å². The second kappa shape index (κ2) is 7.70. The number of halogens is 3. The molecule has 1 heterocycles. The van der Waals surface area contributed by atoms with Crippen molar-refractivity contribution >= 4 is 35.6 Å². The molecule has 1 aromatic rings. The number of nitrogens with zero attached hydrogens (tertiary/aromatic N) is 1. The highest BCUT2D eigenvalue weighted by molar-refractivity contribution is 6.34. The molecule has 5 heteroatoms. The maximum atomic E-state index is 6.01. The van der Waals surface area contributed by atoms with Gasteiger partial charge in [0.05, 0.1) is 0 Å². The van der Waals surface area contributed by atoms with Gasteiger partial charge in [0, 0.05) is 22.6 Å². The number of benzene rings is 1. The van der Waals surface area contributed by atoms with Crippen molar-refractivity contribution in [3.05, 3.63) is 33.8 Å². The Kier molecular flexibility index (Phi) is 6.92. The summed E-state index contributed by atoms with van der Waals surface area (Å²) in [6.45, 7) is 5.25. The molecule has 0 bridgehead atoms. The fourth-order valence-electron chi connectivity index (χ4n) is 2.60. The number of piperidine rings is 1. The Balaban J connectivity index is 0.00000180. The van der Waals surface area contributed by atoms with Gasteiger partial charge < -0.3 is 5.73 Å². The summed E-state index contributed by atoms with van der Waals surface area (Å²) >= 11 is 12.0. The molecule has 2 nitrogen and oxygen atoms in total. The Labute approximate surface area is 131 Å². The van der Waals surface area contributed by atoms with Crippen LogP contribution in [0.1, 0.15) is 25.3 Å². The summed E-state index contributed by atoms with van der Waals surface area (Å²) in [4.78, 5) is 2.45. The molecule has 0 aromatic heterocycles. The fraction of sp³-hybridized carbons (Fsp3) is 0.571. The number of hydrogen-bond acceptors (Lipinski definition) is 2. The van der Waals surface area contributed by atoms with E-state index in [2.05, 4.69) is 11.8 Å². The van der Waals surface area contributed by atoms with Crippen LogP contribution in [0, 0.1) is 5.92 Å². The van der Waals surface area contributed by atoms with Gasteiger partial charge in [0.25, 0.3) is 0 Å². The number of likely N-dealkylation sites (tertiary alicyclic amines) is 1. The van der Waals surface area contributed by atoms with Gasteiger partial charge in [-0.2, -0.15) is 0 Å². The van der Waals surface area contributed by atoms with Gasteiger partial charge in [-0.1, -0.05) is 23.2 Å². The van der Waals surface area contributed by atoms with E-state index in [1.54, 1.807) is 6.07 Å². The third-order valence-electron chi connectivity index (χ3n) is 3.70. The van der Waals surface area contributed by atoms with Crippen LogP contribution < -0.4 is 5.73 Å². The normalized spacial score (nSPS) is 18.9. The van der Waals surface area contributed by atoms with Crippen LogP contribution in [0.3, 0.4) is 0 Å². The molecule has 1 saturated heterocycles. The van der Waals surface area contributed by atoms with Gasteiger partial charge in [0.15, 0.2) is 0 Å². The highest BCUT2D eigenvalue weighted by atomic mass is 35.5. The van der Waals surface area contributed by atoms with Crippen molar-refractivity contribution < 1.29 is 0 Å². The van der Waals surface area contributed by atoms with Crippen LogP contribution in [0.25, 0.3) is 0 Å². The average Bonchev–Trinajstić information content (AvgIpc) is 2.28. The topological polar surface area (TPSA) is 29.3 Å². The standard InChI is InChI=1S/C14H20Cl2N2.ClH/c1-10(17)12-2-4-18(5-3-12)9-11-6-13(15)8-14(16)7-11;/h6-8,10,12H,2-5,9,17H2,1H3;1H. The average molecular weight is 324 g/mol. The Bertz CT molecular complexity index is 381. The third kappa shape index (κ3) is 5.13. The highest BCUT2D eigenvalue weighted by Gasteiger charge is 2.21. The Morgan fingerprint density at radius 1 is 1.21 bits per heavy atom. The van der Waals surface area contributed by atoms with Crippen molar-refractivity contribution in [1.82, 2.24) is 4.90 Å². The molecule has 108 valence electrons. The molecule has 0 aliphatic carbocycles. The van der Waals surface area contributed by atoms with Crippen LogP contribution in [-0.4, -0.2) is 24.0 Å². The molecular formula is C14H21Cl3N2. The lowest BCUT2D eigenvalue weighted by Gasteiger charge is -2.33. The van der Waals surface area contributed by atoms with Gasteiger partial charge in [0.1, 0.15) is 0 Å². The fourth-order valence-corrected chi connectivity index (χ4v) is 3.17. The summed E-state index contributed by atoms with van der Waals surface area (Å²) in [5, 5.41) is 1.42. The third-order valence-corrected chi connectivity index (χ3v) is 4.14. The van der Waals surface area contributed by atoms with Crippen molar-refractivity contribution in [3.63, 3.8) is 0 Å². The number of nitrogens with two attached hydrogens (primary N) is 1. The first kappa shape index (κ1) is 17.1. The minimum atomic E-state index is 0. The zero-order valence-corrected chi connectivity index (χ0v) is 13.4. The maximum Gasteiger partial charge on any atom is 0.0424 e. The summed E-state index contributed by atoms with van der Waals surface area (Å²) in [7, 11) is 0. The monoisotopic (exact) mass is 322 g/mol. The minimum Gasteiger partial charge on any atom is -0.328 e. The van der Waals surface area contributed by atoms with Crippen LogP contribution in [0.5, 0.6) is 0 Å². The first-order chi connectivity index (χ1) is 8.54. The lowest BCUT2D eigenvalue weighted by molar-refractivity contribution is 0.166. The minimum absolute atomic E-state index is 0. The molecule has 0 spiro atoms. The van der Waals surface area contributed by atoms with Crippen molar-refractivity contribution in [2.45, 2.75) is 32.4 Å². The molecule has 1 unspecified atom stereocenters. The van der Waals surface area contributed by atoms with Crippen molar-refractivity contribution in [3.8, 4) is 0 Å². The second-order valence-electron chi connectivity index (χ2n) is 5.25. The number of hydrogen-bond donors (Lipinski definition) is 1. The van der Waals surface area contributed by atoms with Crippen molar-refractivity contribution in [2.75, 3.05) is 13.1 Å². The first-order valence-corrected chi connectivity index (χ1v) is 7.23. The summed E-state index contributed by atoms with van der Waals surface area (Å²) < 4.78 is 0. The predicted octanol–water partition coefficient (Wildman–Crippen LogP) is 3.97. The SMILES string of the molecule is CC(N)C1CCN(Cc2cc(Cl)cc(Cl)c2)CC1.Cl. The Morgan fingerprint density at radius 3 is 2.21 bits per heavy atom. The van der Waals surface area contributed by atoms with Crippen LogP contribution in [0.15, 0.2) is 18.2 Å². The van der Waals surface area contributed by atoms with E-state index in [1.807, 2.05) is 12.1 Å². The maximum absolute atomic E-state index is 6.01. The van der Waals surface area contributed by atoms with E-state index < -0.39 is 0 Å². The van der Waals surface area contributed by atoms with Gasteiger partial charge in [0.2, 0.25) is 0 Å². The van der Waals surface area contributed by atoms with Crippen LogP contribution in [0.2, 0.25) is 10.0 Å². The molecule has 1 aliphatic heterocycles. The van der Waals surface area contributed by atoms with E-state index in [0.717, 1.165) is 19.6 Å². The Hall–Kier alpha value is 0.01000. The largest absolute Gasteiger partial charge is 0.328 e. The molecular weight excluding hydrogens is 303 g/mol. The highest BCUT2D eigenvalue weighted by Crippen LogP contribution is 2.23.